The first-order chi connectivity index (χ1) is 19.2. The van der Waals surface area contributed by atoms with E-state index < -0.39 is 17.5 Å². The van der Waals surface area contributed by atoms with Gasteiger partial charge in [0.05, 0.1) is 12.1 Å². The van der Waals surface area contributed by atoms with Crippen molar-refractivity contribution in [2.24, 2.45) is 23.7 Å². The molecule has 1 aromatic carbocycles. The van der Waals surface area contributed by atoms with Gasteiger partial charge in [0.2, 0.25) is 5.91 Å². The van der Waals surface area contributed by atoms with Crippen molar-refractivity contribution in [3.63, 3.8) is 0 Å². The number of aryl methyl sites for hydroxylation is 1. The maximum Gasteiger partial charge on any atom is 0.319 e. The van der Waals surface area contributed by atoms with Gasteiger partial charge in [0.25, 0.3) is 5.91 Å². The number of nitrogens with one attached hydrogen (secondary N) is 3. The Morgan fingerprint density at radius 1 is 1.15 bits per heavy atom. The van der Waals surface area contributed by atoms with Gasteiger partial charge in [-0.05, 0) is 84.7 Å². The fraction of sp³-hybridized carbons (Fsp3) is 0.586. The largest absolute Gasteiger partial charge is 0.338 e. The molecule has 3 fully saturated rings. The minimum Gasteiger partial charge on any atom is -0.338 e. The molecule has 2 heterocycles. The summed E-state index contributed by atoms with van der Waals surface area (Å²) < 4.78 is 4.70. The quantitative estimate of drug-likeness (QED) is 0.438. The number of carbonyl (C=O) groups excluding carboxylic acids is 3. The van der Waals surface area contributed by atoms with Gasteiger partial charge in [0, 0.05) is 25.1 Å². The molecule has 1 aliphatic heterocycles. The van der Waals surface area contributed by atoms with Crippen LogP contribution in [-0.2, 0) is 17.6 Å². The maximum absolute atomic E-state index is 13.7. The van der Waals surface area contributed by atoms with Crippen molar-refractivity contribution in [1.82, 2.24) is 25.8 Å². The summed E-state index contributed by atoms with van der Waals surface area (Å²) in [6.45, 7) is 6.25. The number of rotatable bonds is 9. The smallest absolute Gasteiger partial charge is 0.319 e. The number of fused-ring (bicyclic) bond motifs is 1. The SMILES string of the molecule is Cc1nonc1C(=O)N[C@H](C(=O)Nc1ccc2c(c1)CC(C#N)(N1C[C@@H](C(C)C)NC1=O)C2)C(C1CC1)C1CC1. The molecule has 1 saturated heterocycles. The summed E-state index contributed by atoms with van der Waals surface area (Å²) in [5, 5.41) is 26.7. The first-order valence-corrected chi connectivity index (χ1v) is 14.2. The van der Waals surface area contributed by atoms with Crippen LogP contribution in [0.5, 0.6) is 0 Å². The highest BCUT2D eigenvalue weighted by molar-refractivity contribution is 6.01. The summed E-state index contributed by atoms with van der Waals surface area (Å²) in [7, 11) is 0. The van der Waals surface area contributed by atoms with Crippen LogP contribution in [0.25, 0.3) is 0 Å². The normalized spacial score (nSPS) is 24.6. The minimum atomic E-state index is -0.957. The summed E-state index contributed by atoms with van der Waals surface area (Å²) in [6.07, 6.45) is 5.07. The molecule has 3 N–H and O–H groups in total. The first-order valence-electron chi connectivity index (χ1n) is 14.2. The van der Waals surface area contributed by atoms with E-state index in [0.717, 1.165) is 36.8 Å². The van der Waals surface area contributed by atoms with Crippen molar-refractivity contribution in [3.8, 4) is 6.07 Å². The Kier molecular flexibility index (Phi) is 6.51. The fourth-order valence-corrected chi connectivity index (χ4v) is 6.47. The molecule has 6 rings (SSSR count). The number of hydrogen-bond acceptors (Lipinski definition) is 7. The summed E-state index contributed by atoms with van der Waals surface area (Å²) in [5.74, 6) is 0.418. The van der Waals surface area contributed by atoms with Gasteiger partial charge in [0.1, 0.15) is 17.3 Å². The second-order valence-electron chi connectivity index (χ2n) is 12.3. The van der Waals surface area contributed by atoms with Gasteiger partial charge in [-0.3, -0.25) is 9.59 Å². The highest BCUT2D eigenvalue weighted by Gasteiger charge is 2.50. The second kappa shape index (κ2) is 9.91. The van der Waals surface area contributed by atoms with E-state index in [1.165, 1.54) is 0 Å². The summed E-state index contributed by atoms with van der Waals surface area (Å²) >= 11 is 0. The molecule has 210 valence electrons. The van der Waals surface area contributed by atoms with E-state index in [0.29, 0.717) is 42.6 Å². The highest BCUT2D eigenvalue weighted by atomic mass is 16.6. The molecule has 1 unspecified atom stereocenters. The van der Waals surface area contributed by atoms with Gasteiger partial charge in [-0.2, -0.15) is 5.26 Å². The molecule has 3 atom stereocenters. The molecule has 4 aliphatic rings. The molecule has 40 heavy (non-hydrogen) atoms. The highest BCUT2D eigenvalue weighted by Crippen LogP contribution is 2.51. The van der Waals surface area contributed by atoms with E-state index in [9.17, 15) is 19.6 Å². The second-order valence-corrected chi connectivity index (χ2v) is 12.3. The van der Waals surface area contributed by atoms with Crippen LogP contribution in [0, 0.1) is 41.9 Å². The molecule has 11 heteroatoms. The van der Waals surface area contributed by atoms with Crippen LogP contribution < -0.4 is 16.0 Å². The van der Waals surface area contributed by atoms with Crippen LogP contribution in [0.4, 0.5) is 10.5 Å². The zero-order valence-electron chi connectivity index (χ0n) is 23.1. The number of carbonyl (C=O) groups is 3. The molecule has 0 spiro atoms. The third-order valence-electron chi connectivity index (χ3n) is 9.06. The molecular weight excluding hydrogens is 510 g/mol. The third kappa shape index (κ3) is 4.80. The molecule has 2 saturated carbocycles. The summed E-state index contributed by atoms with van der Waals surface area (Å²) in [6, 6.07) is 7.18. The standard InChI is InChI=1S/C29H35N7O4/c1-15(2)22-13-36(28(39)32-22)29(14-30)11-19-8-9-21(10-20(19)12-29)31-27(38)25(23(17-4-5-17)18-6-7-18)33-26(37)24-16(3)34-40-35-24/h8-10,15,17-18,22-23,25H,4-7,11-13H2,1-3H3,(H,31,38)(H,32,39)(H,33,37)/t22-,25-,29?/m0/s1. The Hall–Kier alpha value is -3.94. The van der Waals surface area contributed by atoms with Crippen LogP contribution in [0.3, 0.4) is 0 Å². The predicted molar refractivity (Wildman–Crippen MR) is 144 cm³/mol. The summed E-state index contributed by atoms with van der Waals surface area (Å²) in [4.78, 5) is 41.3. The zero-order chi connectivity index (χ0) is 28.2. The molecule has 0 radical (unpaired) electrons. The van der Waals surface area contributed by atoms with E-state index in [4.69, 9.17) is 4.63 Å². The number of aromatic nitrogens is 2. The lowest BCUT2D eigenvalue weighted by atomic mass is 9.88. The zero-order valence-corrected chi connectivity index (χ0v) is 23.1. The lowest BCUT2D eigenvalue weighted by Crippen LogP contribution is -2.50. The lowest BCUT2D eigenvalue weighted by molar-refractivity contribution is -0.119. The monoisotopic (exact) mass is 545 g/mol. The van der Waals surface area contributed by atoms with Gasteiger partial charge >= 0.3 is 6.03 Å². The van der Waals surface area contributed by atoms with E-state index in [1.807, 2.05) is 18.2 Å². The number of nitriles is 1. The first kappa shape index (κ1) is 26.3. The average molecular weight is 546 g/mol. The van der Waals surface area contributed by atoms with E-state index >= 15 is 0 Å². The molecule has 0 bridgehead atoms. The molecule has 2 aromatic rings. The van der Waals surface area contributed by atoms with Gasteiger partial charge in [-0.25, -0.2) is 9.42 Å². The van der Waals surface area contributed by atoms with Crippen LogP contribution in [0.15, 0.2) is 22.8 Å². The molecule has 4 amide bonds. The number of benzene rings is 1. The van der Waals surface area contributed by atoms with Gasteiger partial charge < -0.3 is 20.9 Å². The van der Waals surface area contributed by atoms with Crippen molar-refractivity contribution < 1.29 is 19.0 Å². The number of nitrogens with zero attached hydrogens (tertiary/aromatic N) is 4. The van der Waals surface area contributed by atoms with Gasteiger partial charge in [-0.1, -0.05) is 25.1 Å². The van der Waals surface area contributed by atoms with Crippen LogP contribution in [0.1, 0.15) is 66.8 Å². The Morgan fingerprint density at radius 2 is 1.85 bits per heavy atom. The Bertz CT molecular complexity index is 1380. The van der Waals surface area contributed by atoms with E-state index in [2.05, 4.69) is 46.2 Å². The Balaban J connectivity index is 1.21. The molecule has 1 aromatic heterocycles. The predicted octanol–water partition coefficient (Wildman–Crippen LogP) is 2.96. The number of anilines is 1. The van der Waals surface area contributed by atoms with Crippen LogP contribution in [0.2, 0.25) is 0 Å². The van der Waals surface area contributed by atoms with Crippen molar-refractivity contribution in [1.29, 1.82) is 5.26 Å². The number of urea groups is 1. The van der Waals surface area contributed by atoms with Gasteiger partial charge in [-0.15, -0.1) is 0 Å². The number of amides is 4. The molecule has 11 nitrogen and oxygen atoms in total. The molecular formula is C29H35N7O4. The maximum atomic E-state index is 13.7. The average Bonchev–Trinajstić information content (AvgIpc) is 3.82. The van der Waals surface area contributed by atoms with Crippen LogP contribution >= 0.6 is 0 Å². The Labute approximate surface area is 233 Å². The van der Waals surface area contributed by atoms with Crippen molar-refractivity contribution in [2.75, 3.05) is 11.9 Å². The van der Waals surface area contributed by atoms with Crippen molar-refractivity contribution in [3.05, 3.63) is 40.7 Å². The third-order valence-corrected chi connectivity index (χ3v) is 9.06. The van der Waals surface area contributed by atoms with Crippen LogP contribution in [-0.4, -0.2) is 57.2 Å². The van der Waals surface area contributed by atoms with E-state index in [-0.39, 0.29) is 35.5 Å². The van der Waals surface area contributed by atoms with Crippen molar-refractivity contribution >= 4 is 23.5 Å². The van der Waals surface area contributed by atoms with Crippen molar-refractivity contribution in [2.45, 2.75) is 76.9 Å². The fourth-order valence-electron chi connectivity index (χ4n) is 6.47. The van der Waals surface area contributed by atoms with Gasteiger partial charge in [0.15, 0.2) is 5.69 Å². The summed E-state index contributed by atoms with van der Waals surface area (Å²) in [5.41, 5.74) is 2.03. The number of hydrogen-bond donors (Lipinski definition) is 3. The lowest BCUT2D eigenvalue weighted by Gasteiger charge is -2.31. The topological polar surface area (TPSA) is 153 Å². The Morgan fingerprint density at radius 3 is 2.42 bits per heavy atom. The van der Waals surface area contributed by atoms with E-state index in [1.54, 1.807) is 11.8 Å². The molecule has 3 aliphatic carbocycles. The minimum absolute atomic E-state index is 0.00567.